The standard InChI is InChI=1S/C18H23NO6/c1-3-11-4-6-12(7-5-11)8-9-14(21)19-15-17(23)16(22)13(10-20)25-18(15)24-2/h3-9,13,15-18,20,22-23H,1,10H2,2H3,(H,19,21)/b9-8+. The van der Waals surface area contributed by atoms with Gasteiger partial charge in [-0.05, 0) is 17.2 Å². The molecule has 0 radical (unpaired) electrons. The van der Waals surface area contributed by atoms with Crippen molar-refractivity contribution in [1.29, 1.82) is 0 Å². The van der Waals surface area contributed by atoms with E-state index in [1.165, 1.54) is 13.2 Å². The van der Waals surface area contributed by atoms with Crippen molar-refractivity contribution in [1.82, 2.24) is 5.32 Å². The molecule has 1 amide bonds. The van der Waals surface area contributed by atoms with Gasteiger partial charge in [-0.15, -0.1) is 0 Å². The van der Waals surface area contributed by atoms with Crippen LogP contribution in [-0.2, 0) is 14.3 Å². The van der Waals surface area contributed by atoms with Gasteiger partial charge in [0, 0.05) is 13.2 Å². The zero-order chi connectivity index (χ0) is 18.4. The van der Waals surface area contributed by atoms with Crippen LogP contribution in [0.4, 0.5) is 0 Å². The largest absolute Gasteiger partial charge is 0.394 e. The maximum absolute atomic E-state index is 12.1. The first-order chi connectivity index (χ1) is 12.0. The Hall–Kier alpha value is -2.03. The Balaban J connectivity index is 2.02. The summed E-state index contributed by atoms with van der Waals surface area (Å²) in [6.45, 7) is 3.20. The van der Waals surface area contributed by atoms with Crippen molar-refractivity contribution < 1.29 is 29.6 Å². The van der Waals surface area contributed by atoms with E-state index in [0.29, 0.717) is 0 Å². The van der Waals surface area contributed by atoms with E-state index in [2.05, 4.69) is 11.9 Å². The van der Waals surface area contributed by atoms with Crippen LogP contribution in [0.3, 0.4) is 0 Å². The molecule has 5 unspecified atom stereocenters. The van der Waals surface area contributed by atoms with Crippen molar-refractivity contribution >= 4 is 18.1 Å². The van der Waals surface area contributed by atoms with E-state index in [0.717, 1.165) is 11.1 Å². The molecule has 4 N–H and O–H groups in total. The molecule has 1 aliphatic heterocycles. The van der Waals surface area contributed by atoms with Gasteiger partial charge in [-0.25, -0.2) is 0 Å². The Labute approximate surface area is 146 Å². The Morgan fingerprint density at radius 1 is 1.28 bits per heavy atom. The highest BCUT2D eigenvalue weighted by atomic mass is 16.7. The minimum Gasteiger partial charge on any atom is -0.394 e. The van der Waals surface area contributed by atoms with Crippen LogP contribution in [0.2, 0.25) is 0 Å². The fourth-order valence-corrected chi connectivity index (χ4v) is 2.56. The van der Waals surface area contributed by atoms with E-state index in [-0.39, 0.29) is 0 Å². The van der Waals surface area contributed by atoms with E-state index in [1.54, 1.807) is 12.2 Å². The minimum absolute atomic E-state index is 0.473. The molecular formula is C18H23NO6. The maximum atomic E-state index is 12.1. The van der Waals surface area contributed by atoms with Gasteiger partial charge in [-0.2, -0.15) is 0 Å². The molecule has 7 heteroatoms. The van der Waals surface area contributed by atoms with Crippen molar-refractivity contribution in [2.75, 3.05) is 13.7 Å². The third-order valence-corrected chi connectivity index (χ3v) is 4.02. The Morgan fingerprint density at radius 3 is 2.48 bits per heavy atom. The highest BCUT2D eigenvalue weighted by Gasteiger charge is 2.44. The first-order valence-corrected chi connectivity index (χ1v) is 7.86. The average molecular weight is 349 g/mol. The normalized spacial score (nSPS) is 29.5. The second-order valence-corrected chi connectivity index (χ2v) is 5.68. The zero-order valence-corrected chi connectivity index (χ0v) is 13.9. The number of aliphatic hydroxyl groups excluding tert-OH is 3. The first kappa shape index (κ1) is 19.3. The van der Waals surface area contributed by atoms with E-state index in [1.807, 2.05) is 24.3 Å². The summed E-state index contributed by atoms with van der Waals surface area (Å²) in [5.74, 6) is -0.475. The number of carbonyl (C=O) groups is 1. The summed E-state index contributed by atoms with van der Waals surface area (Å²) < 4.78 is 10.4. The minimum atomic E-state index is -1.34. The second kappa shape index (κ2) is 8.89. The van der Waals surface area contributed by atoms with Crippen LogP contribution >= 0.6 is 0 Å². The van der Waals surface area contributed by atoms with E-state index in [4.69, 9.17) is 14.6 Å². The van der Waals surface area contributed by atoms with Crippen LogP contribution < -0.4 is 5.32 Å². The third-order valence-electron chi connectivity index (χ3n) is 4.02. The number of hydrogen-bond donors (Lipinski definition) is 4. The van der Waals surface area contributed by atoms with Gasteiger partial charge in [-0.1, -0.05) is 36.9 Å². The molecule has 1 heterocycles. The number of nitrogens with one attached hydrogen (secondary N) is 1. The summed E-state index contributed by atoms with van der Waals surface area (Å²) in [7, 11) is 1.35. The van der Waals surface area contributed by atoms with Crippen molar-refractivity contribution in [3.05, 3.63) is 48.0 Å². The van der Waals surface area contributed by atoms with Crippen molar-refractivity contribution in [2.45, 2.75) is 30.6 Å². The number of amides is 1. The summed E-state index contributed by atoms with van der Waals surface area (Å²) in [6, 6.07) is 6.45. The number of methoxy groups -OCH3 is 1. The number of carbonyl (C=O) groups excluding carboxylic acids is 1. The number of aliphatic hydroxyl groups is 3. The molecule has 7 nitrogen and oxygen atoms in total. The molecule has 1 aromatic rings. The predicted octanol–water partition coefficient (Wildman–Crippen LogP) is -0.0870. The lowest BCUT2D eigenvalue weighted by Gasteiger charge is -2.41. The summed E-state index contributed by atoms with van der Waals surface area (Å²) in [6.07, 6.45) is 0.0180. The van der Waals surface area contributed by atoms with Gasteiger partial charge in [0.05, 0.1) is 6.61 Å². The van der Waals surface area contributed by atoms with Crippen molar-refractivity contribution in [3.8, 4) is 0 Å². The first-order valence-electron chi connectivity index (χ1n) is 7.86. The van der Waals surface area contributed by atoms with Crippen LogP contribution in [0.15, 0.2) is 36.9 Å². The molecule has 136 valence electrons. The van der Waals surface area contributed by atoms with Crippen LogP contribution in [-0.4, -0.2) is 65.6 Å². The third kappa shape index (κ3) is 4.75. The lowest BCUT2D eigenvalue weighted by molar-refractivity contribution is -0.262. The molecule has 0 aromatic heterocycles. The molecule has 0 aliphatic carbocycles. The molecule has 1 fully saturated rings. The molecule has 0 spiro atoms. The smallest absolute Gasteiger partial charge is 0.244 e. The fraction of sp³-hybridized carbons (Fsp3) is 0.389. The van der Waals surface area contributed by atoms with Crippen LogP contribution in [0.25, 0.3) is 12.2 Å². The van der Waals surface area contributed by atoms with Gasteiger partial charge < -0.3 is 30.1 Å². The molecule has 0 bridgehead atoms. The topological polar surface area (TPSA) is 108 Å². The van der Waals surface area contributed by atoms with Gasteiger partial charge >= 0.3 is 0 Å². The Morgan fingerprint density at radius 2 is 1.92 bits per heavy atom. The van der Waals surface area contributed by atoms with Crippen LogP contribution in [0.5, 0.6) is 0 Å². The molecule has 5 atom stereocenters. The lowest BCUT2D eigenvalue weighted by atomic mass is 9.97. The van der Waals surface area contributed by atoms with E-state index in [9.17, 15) is 15.0 Å². The van der Waals surface area contributed by atoms with Gasteiger partial charge in [-0.3, -0.25) is 4.79 Å². The van der Waals surface area contributed by atoms with Crippen LogP contribution in [0.1, 0.15) is 11.1 Å². The van der Waals surface area contributed by atoms with Gasteiger partial charge in [0.2, 0.25) is 5.91 Å². The molecule has 1 aromatic carbocycles. The summed E-state index contributed by atoms with van der Waals surface area (Å²) in [5, 5.41) is 31.8. The average Bonchev–Trinajstić information content (AvgIpc) is 2.64. The number of rotatable bonds is 6. The lowest BCUT2D eigenvalue weighted by Crippen LogP contribution is -2.64. The molecule has 1 aliphatic rings. The summed E-state index contributed by atoms with van der Waals surface area (Å²) in [4.78, 5) is 12.1. The van der Waals surface area contributed by atoms with E-state index >= 15 is 0 Å². The predicted molar refractivity (Wildman–Crippen MR) is 92.3 cm³/mol. The van der Waals surface area contributed by atoms with Crippen molar-refractivity contribution in [3.63, 3.8) is 0 Å². The highest BCUT2D eigenvalue weighted by molar-refractivity contribution is 5.92. The highest BCUT2D eigenvalue weighted by Crippen LogP contribution is 2.21. The maximum Gasteiger partial charge on any atom is 0.244 e. The van der Waals surface area contributed by atoms with Gasteiger partial charge in [0.15, 0.2) is 6.29 Å². The fourth-order valence-electron chi connectivity index (χ4n) is 2.56. The van der Waals surface area contributed by atoms with Gasteiger partial charge in [0.1, 0.15) is 24.4 Å². The molecule has 2 rings (SSSR count). The van der Waals surface area contributed by atoms with Crippen molar-refractivity contribution in [2.24, 2.45) is 0 Å². The molecule has 25 heavy (non-hydrogen) atoms. The SMILES string of the molecule is C=Cc1ccc(/C=C/C(=O)NC2C(OC)OC(CO)C(O)C2O)cc1. The monoisotopic (exact) mass is 349 g/mol. The molecule has 0 saturated carbocycles. The summed E-state index contributed by atoms with van der Waals surface area (Å²) >= 11 is 0. The quantitative estimate of drug-likeness (QED) is 0.535. The number of hydrogen-bond acceptors (Lipinski definition) is 6. The van der Waals surface area contributed by atoms with Gasteiger partial charge in [0.25, 0.3) is 0 Å². The molecular weight excluding hydrogens is 326 g/mol. The molecule has 1 saturated heterocycles. The Kier molecular flexibility index (Phi) is 6.86. The second-order valence-electron chi connectivity index (χ2n) is 5.68. The summed E-state index contributed by atoms with van der Waals surface area (Å²) in [5.41, 5.74) is 1.80. The number of benzene rings is 1. The zero-order valence-electron chi connectivity index (χ0n) is 13.9. The number of ether oxygens (including phenoxy) is 2. The van der Waals surface area contributed by atoms with E-state index < -0.39 is 43.2 Å². The Bertz CT molecular complexity index is 612. The van der Waals surface area contributed by atoms with Crippen LogP contribution in [0, 0.1) is 0 Å².